The number of hydrogen-bond donors (Lipinski definition) is 3. The second-order valence-electron chi connectivity index (χ2n) is 10.00. The summed E-state index contributed by atoms with van der Waals surface area (Å²) in [6, 6.07) is 7.31. The van der Waals surface area contributed by atoms with E-state index in [0.29, 0.717) is 0 Å². The average Bonchev–Trinajstić information content (AvgIpc) is 3.07. The van der Waals surface area contributed by atoms with Crippen LogP contribution >= 0.6 is 21.6 Å². The normalized spacial score (nSPS) is 33.2. The number of phenolic OH excluding ortho intramolecular Hbond substituents is 1. The average molecular weight is 599 g/mol. The van der Waals surface area contributed by atoms with Crippen molar-refractivity contribution < 1.29 is 48.7 Å². The van der Waals surface area contributed by atoms with Gasteiger partial charge in [-0.3, -0.25) is 9.59 Å². The Morgan fingerprint density at radius 2 is 1.76 bits per heavy atom. The van der Waals surface area contributed by atoms with Gasteiger partial charge in [0.05, 0.1) is 25.2 Å². The van der Waals surface area contributed by atoms with Crippen LogP contribution in [0, 0.1) is 0 Å². The summed E-state index contributed by atoms with van der Waals surface area (Å²) in [5.41, 5.74) is 0.367. The molecule has 12 nitrogen and oxygen atoms in total. The molecule has 2 aromatic rings. The number of aliphatic hydroxyl groups is 2. The number of aromatic hydroxyl groups is 1. The number of fused-ring (bicyclic) bond motifs is 5. The Balaban J connectivity index is 1.47. The predicted octanol–water partition coefficient (Wildman–Crippen LogP) is 2.02. The maximum Gasteiger partial charge on any atom is 0.338 e. The van der Waals surface area contributed by atoms with E-state index in [1.165, 1.54) is 74.1 Å². The van der Waals surface area contributed by atoms with E-state index in [9.17, 15) is 29.7 Å². The van der Waals surface area contributed by atoms with Crippen molar-refractivity contribution in [2.75, 3.05) is 14.2 Å². The van der Waals surface area contributed by atoms with Crippen molar-refractivity contribution >= 4 is 39.4 Å². The molecule has 7 aliphatic heterocycles. The predicted molar refractivity (Wildman–Crippen MR) is 144 cm³/mol. The second-order valence-corrected chi connectivity index (χ2v) is 12.6. The molecule has 7 aliphatic rings. The summed E-state index contributed by atoms with van der Waals surface area (Å²) >= 11 is 0. The number of ether oxygens (including phenoxy) is 4. The summed E-state index contributed by atoms with van der Waals surface area (Å²) in [5, 5.41) is 34.1. The molecule has 4 fully saturated rings. The van der Waals surface area contributed by atoms with Crippen molar-refractivity contribution in [2.24, 2.45) is 0 Å². The van der Waals surface area contributed by atoms with Gasteiger partial charge in [0.1, 0.15) is 24.4 Å². The standard InChI is InChI=1S/C27H22N2O10S2/c1-28-24(34)27-22(32)14-11-37-8-7-18-20(14)29(27)25(35)26(28,40-41-27)21(31)12-3-5-16(15(30)9-12)38-19-10-13(23(33)39-18)4-6-17(19)36-2/h3-11,18,20-22,30-32H,1-2H3/t18-,20-,21-,22+,26+,27+/m0/s1. The number of amides is 2. The quantitative estimate of drug-likeness (QED) is 0.325. The van der Waals surface area contributed by atoms with E-state index in [-0.39, 0.29) is 39.7 Å². The SMILES string of the molecule is COc1ccc2cc1Oc1ccc(cc1O)[C@H](O)[C@]13SS[C@@]4(C(=O)N1C)[C@H](O)C1=COC=C[C@H](OC2=O)[C@H]1N4C3=O. The molecule has 0 radical (unpaired) electrons. The van der Waals surface area contributed by atoms with Crippen LogP contribution in [0.5, 0.6) is 23.0 Å². The Kier molecular flexibility index (Phi) is 5.61. The maximum absolute atomic E-state index is 14.5. The van der Waals surface area contributed by atoms with Gasteiger partial charge in [-0.05, 0) is 63.6 Å². The molecule has 0 aliphatic carbocycles. The molecule has 7 bridgehead atoms. The van der Waals surface area contributed by atoms with Crippen molar-refractivity contribution in [1.82, 2.24) is 9.80 Å². The molecular weight excluding hydrogens is 576 g/mol. The molecule has 0 unspecified atom stereocenters. The highest BCUT2D eigenvalue weighted by molar-refractivity contribution is 8.78. The number of aliphatic hydroxyl groups excluding tert-OH is 2. The highest BCUT2D eigenvalue weighted by atomic mass is 33.1. The number of nitrogens with zero attached hydrogens (tertiary/aromatic N) is 2. The smallest absolute Gasteiger partial charge is 0.338 e. The minimum Gasteiger partial charge on any atom is -0.504 e. The lowest BCUT2D eigenvalue weighted by atomic mass is 9.93. The third kappa shape index (κ3) is 3.24. The van der Waals surface area contributed by atoms with Gasteiger partial charge in [0.2, 0.25) is 9.74 Å². The molecule has 2 spiro atoms. The van der Waals surface area contributed by atoms with Crippen LogP contribution in [0.15, 0.2) is 60.6 Å². The number of piperazine rings is 1. The van der Waals surface area contributed by atoms with Crippen molar-refractivity contribution in [3.63, 3.8) is 0 Å². The number of rotatable bonds is 1. The fraction of sp³-hybridized carbons (Fsp3) is 0.296. The van der Waals surface area contributed by atoms with E-state index in [4.69, 9.17) is 18.9 Å². The lowest BCUT2D eigenvalue weighted by Crippen LogP contribution is -2.79. The Morgan fingerprint density at radius 1 is 0.976 bits per heavy atom. The number of carbonyl (C=O) groups is 3. The molecule has 4 saturated heterocycles. The largest absolute Gasteiger partial charge is 0.504 e. The monoisotopic (exact) mass is 598 g/mol. The van der Waals surface area contributed by atoms with Crippen molar-refractivity contribution in [2.45, 2.75) is 34.1 Å². The zero-order chi connectivity index (χ0) is 28.8. The Labute approximate surface area is 240 Å². The van der Waals surface area contributed by atoms with Crippen molar-refractivity contribution in [3.8, 4) is 23.0 Å². The summed E-state index contributed by atoms with van der Waals surface area (Å²) in [6.45, 7) is 0. The minimum absolute atomic E-state index is 0.0141. The highest BCUT2D eigenvalue weighted by Crippen LogP contribution is 2.67. The second kappa shape index (κ2) is 8.82. The fourth-order valence-electron chi connectivity index (χ4n) is 5.90. The summed E-state index contributed by atoms with van der Waals surface area (Å²) in [6.07, 6.45) is -0.374. The molecule has 0 aromatic heterocycles. The van der Waals surface area contributed by atoms with Gasteiger partial charge in [0.25, 0.3) is 11.8 Å². The summed E-state index contributed by atoms with van der Waals surface area (Å²) in [5.74, 6) is -2.10. The van der Waals surface area contributed by atoms with Gasteiger partial charge < -0.3 is 44.1 Å². The van der Waals surface area contributed by atoms with Gasteiger partial charge >= 0.3 is 5.97 Å². The molecule has 0 saturated carbocycles. The fourth-order valence-corrected chi connectivity index (χ4v) is 9.77. The molecule has 9 rings (SSSR count). The third-order valence-corrected chi connectivity index (χ3v) is 11.6. The molecule has 2 aromatic carbocycles. The van der Waals surface area contributed by atoms with Gasteiger partial charge in [0, 0.05) is 12.6 Å². The van der Waals surface area contributed by atoms with Crippen molar-refractivity contribution in [1.29, 1.82) is 0 Å². The number of phenols is 1. The molecule has 41 heavy (non-hydrogen) atoms. The van der Waals surface area contributed by atoms with Gasteiger partial charge in [-0.25, -0.2) is 4.79 Å². The number of methoxy groups -OCH3 is 1. The molecule has 7 heterocycles. The summed E-state index contributed by atoms with van der Waals surface area (Å²) in [7, 11) is 4.69. The number of likely N-dealkylation sites (N-methyl/N-ethyl adjacent to an activating group) is 1. The molecule has 212 valence electrons. The third-order valence-electron chi connectivity index (χ3n) is 7.99. The van der Waals surface area contributed by atoms with E-state index in [1.807, 2.05) is 0 Å². The molecular formula is C27H22N2O10S2. The van der Waals surface area contributed by atoms with Crippen LogP contribution in [0.2, 0.25) is 0 Å². The summed E-state index contributed by atoms with van der Waals surface area (Å²) < 4.78 is 22.5. The van der Waals surface area contributed by atoms with E-state index in [2.05, 4.69) is 0 Å². The van der Waals surface area contributed by atoms with Crippen LogP contribution in [0.4, 0.5) is 0 Å². The first-order chi connectivity index (χ1) is 19.6. The number of hydrogen-bond acceptors (Lipinski definition) is 12. The number of esters is 1. The first kappa shape index (κ1) is 26.1. The van der Waals surface area contributed by atoms with Crippen molar-refractivity contribution in [3.05, 3.63) is 71.7 Å². The lowest BCUT2D eigenvalue weighted by molar-refractivity contribution is -0.175. The van der Waals surface area contributed by atoms with E-state index >= 15 is 0 Å². The molecule has 3 N–H and O–H groups in total. The van der Waals surface area contributed by atoms with Gasteiger partial charge in [0.15, 0.2) is 23.0 Å². The van der Waals surface area contributed by atoms with Gasteiger partial charge in [-0.15, -0.1) is 0 Å². The Morgan fingerprint density at radius 3 is 2.51 bits per heavy atom. The lowest BCUT2D eigenvalue weighted by Gasteiger charge is -2.60. The Bertz CT molecular complexity index is 1600. The first-order valence-electron chi connectivity index (χ1n) is 12.4. The van der Waals surface area contributed by atoms with Crippen LogP contribution in [-0.2, 0) is 19.1 Å². The van der Waals surface area contributed by atoms with Gasteiger partial charge in [-0.2, -0.15) is 0 Å². The zero-order valence-corrected chi connectivity index (χ0v) is 23.0. The molecule has 14 heteroatoms. The minimum atomic E-state index is -1.89. The van der Waals surface area contributed by atoms with Crippen LogP contribution in [0.1, 0.15) is 22.0 Å². The highest BCUT2D eigenvalue weighted by Gasteiger charge is 2.78. The van der Waals surface area contributed by atoms with E-state index < -0.39 is 51.9 Å². The molecule has 6 atom stereocenters. The number of carbonyl (C=O) groups excluding carboxylic acids is 3. The maximum atomic E-state index is 14.5. The van der Waals surface area contributed by atoms with Crippen LogP contribution in [0.3, 0.4) is 0 Å². The first-order valence-corrected chi connectivity index (χ1v) is 14.6. The zero-order valence-electron chi connectivity index (χ0n) is 21.4. The van der Waals surface area contributed by atoms with Crippen LogP contribution < -0.4 is 9.47 Å². The van der Waals surface area contributed by atoms with E-state index in [0.717, 1.165) is 26.5 Å². The van der Waals surface area contributed by atoms with Gasteiger partial charge in [-0.1, -0.05) is 6.07 Å². The summed E-state index contributed by atoms with van der Waals surface area (Å²) in [4.78, 5) is 40.6. The molecule has 2 amide bonds. The van der Waals surface area contributed by atoms with E-state index in [1.54, 1.807) is 0 Å². The number of benzene rings is 2. The Hall–Kier alpha value is -3.85. The van der Waals surface area contributed by atoms with Crippen LogP contribution in [0.25, 0.3) is 0 Å². The van der Waals surface area contributed by atoms with Crippen LogP contribution in [-0.4, -0.2) is 85.1 Å². The topological polar surface area (TPSA) is 155 Å².